The fourth-order valence-corrected chi connectivity index (χ4v) is 5.09. The first-order chi connectivity index (χ1) is 12.7. The number of nitrogens with two attached hydrogens (primary N) is 1. The normalized spacial score (nSPS) is 32.2. The van der Waals surface area contributed by atoms with Gasteiger partial charge in [-0.25, -0.2) is 0 Å². The summed E-state index contributed by atoms with van der Waals surface area (Å²) in [5.41, 5.74) is 8.19. The van der Waals surface area contributed by atoms with Crippen LogP contribution in [0, 0.1) is 11.8 Å². The second-order valence-electron chi connectivity index (χ2n) is 8.27. The van der Waals surface area contributed by atoms with E-state index in [1.165, 1.54) is 24.8 Å². The molecule has 142 valence electrons. The van der Waals surface area contributed by atoms with E-state index in [-0.39, 0.29) is 5.91 Å². The minimum absolute atomic E-state index is 0.0752. The summed E-state index contributed by atoms with van der Waals surface area (Å²) in [5, 5.41) is 3.36. The van der Waals surface area contributed by atoms with Crippen LogP contribution in [0.15, 0.2) is 24.3 Å². The van der Waals surface area contributed by atoms with Crippen LogP contribution in [0.5, 0.6) is 0 Å². The molecule has 2 unspecified atom stereocenters. The maximum atomic E-state index is 12.9. The number of amides is 1. The summed E-state index contributed by atoms with van der Waals surface area (Å²) in [6, 6.07) is 8.72. The number of carbonyl (C=O) groups is 1. The van der Waals surface area contributed by atoms with Crippen molar-refractivity contribution >= 4 is 5.91 Å². The standard InChI is InChI=1S/C21H31N3O2/c22-19-12-16-4-2-5-17(13-19)20(16)23-21(25)18-6-1-3-15(11-18)14-24-7-9-26-10-8-24/h1,3,6,11,16-17,19-20H,2,4-5,7-10,12-14,22H2,(H,23,25). The van der Waals surface area contributed by atoms with Crippen LogP contribution in [0.2, 0.25) is 0 Å². The molecule has 1 aromatic carbocycles. The average Bonchev–Trinajstić information content (AvgIpc) is 2.63. The van der Waals surface area contributed by atoms with Gasteiger partial charge in [0.2, 0.25) is 0 Å². The first kappa shape index (κ1) is 18.0. The van der Waals surface area contributed by atoms with Gasteiger partial charge in [-0.15, -0.1) is 0 Å². The first-order valence-electron chi connectivity index (χ1n) is 10.1. The maximum absolute atomic E-state index is 12.9. The highest BCUT2D eigenvalue weighted by atomic mass is 16.5. The molecular formula is C21H31N3O2. The van der Waals surface area contributed by atoms with Crippen molar-refractivity contribution in [2.75, 3.05) is 26.3 Å². The van der Waals surface area contributed by atoms with E-state index in [1.807, 2.05) is 12.1 Å². The van der Waals surface area contributed by atoms with Crippen LogP contribution < -0.4 is 11.1 Å². The van der Waals surface area contributed by atoms with E-state index in [4.69, 9.17) is 10.5 Å². The zero-order chi connectivity index (χ0) is 17.9. The molecule has 5 nitrogen and oxygen atoms in total. The van der Waals surface area contributed by atoms with E-state index in [9.17, 15) is 4.79 Å². The minimum Gasteiger partial charge on any atom is -0.379 e. The van der Waals surface area contributed by atoms with Crippen molar-refractivity contribution in [3.63, 3.8) is 0 Å². The molecule has 5 heteroatoms. The lowest BCUT2D eigenvalue weighted by atomic mass is 9.67. The van der Waals surface area contributed by atoms with Crippen LogP contribution in [0.4, 0.5) is 0 Å². The van der Waals surface area contributed by atoms with Crippen molar-refractivity contribution in [2.45, 2.75) is 50.7 Å². The number of hydrogen-bond acceptors (Lipinski definition) is 4. The highest BCUT2D eigenvalue weighted by Crippen LogP contribution is 2.39. The van der Waals surface area contributed by atoms with Gasteiger partial charge in [-0.3, -0.25) is 9.69 Å². The number of nitrogens with zero attached hydrogens (tertiary/aromatic N) is 1. The summed E-state index contributed by atoms with van der Waals surface area (Å²) in [7, 11) is 0. The Morgan fingerprint density at radius 3 is 2.65 bits per heavy atom. The summed E-state index contributed by atoms with van der Waals surface area (Å²) >= 11 is 0. The van der Waals surface area contributed by atoms with Crippen LogP contribution in [-0.2, 0) is 11.3 Å². The lowest BCUT2D eigenvalue weighted by Crippen LogP contribution is -2.53. The third kappa shape index (κ3) is 4.11. The third-order valence-electron chi connectivity index (χ3n) is 6.37. The number of carbonyl (C=O) groups excluding carboxylic acids is 1. The number of benzene rings is 1. The zero-order valence-corrected chi connectivity index (χ0v) is 15.5. The van der Waals surface area contributed by atoms with Gasteiger partial charge < -0.3 is 15.8 Å². The first-order valence-corrected chi connectivity index (χ1v) is 10.1. The number of morpholine rings is 1. The van der Waals surface area contributed by atoms with E-state index in [2.05, 4.69) is 22.3 Å². The smallest absolute Gasteiger partial charge is 0.251 e. The number of ether oxygens (including phenoxy) is 1. The fraction of sp³-hybridized carbons (Fsp3) is 0.667. The Hall–Kier alpha value is -1.43. The number of rotatable bonds is 4. The Morgan fingerprint density at radius 2 is 1.92 bits per heavy atom. The van der Waals surface area contributed by atoms with Gasteiger partial charge in [0, 0.05) is 37.3 Å². The lowest BCUT2D eigenvalue weighted by molar-refractivity contribution is 0.0341. The lowest BCUT2D eigenvalue weighted by Gasteiger charge is -2.45. The van der Waals surface area contributed by atoms with Gasteiger partial charge in [0.05, 0.1) is 13.2 Å². The zero-order valence-electron chi connectivity index (χ0n) is 15.5. The topological polar surface area (TPSA) is 67.6 Å². The molecule has 1 aromatic rings. The van der Waals surface area contributed by atoms with Gasteiger partial charge in [-0.05, 0) is 55.2 Å². The molecule has 4 rings (SSSR count). The number of hydrogen-bond donors (Lipinski definition) is 2. The Kier molecular flexibility index (Phi) is 5.57. The monoisotopic (exact) mass is 357 g/mol. The quantitative estimate of drug-likeness (QED) is 0.866. The van der Waals surface area contributed by atoms with Crippen LogP contribution in [0.25, 0.3) is 0 Å². The second kappa shape index (κ2) is 8.07. The van der Waals surface area contributed by atoms with Gasteiger partial charge in [0.1, 0.15) is 0 Å². The predicted molar refractivity (Wildman–Crippen MR) is 102 cm³/mol. The second-order valence-corrected chi connectivity index (χ2v) is 8.27. The molecule has 2 bridgehead atoms. The molecule has 1 amide bonds. The highest BCUT2D eigenvalue weighted by molar-refractivity contribution is 5.94. The molecule has 0 radical (unpaired) electrons. The number of nitrogens with one attached hydrogen (secondary N) is 1. The average molecular weight is 357 g/mol. The van der Waals surface area contributed by atoms with Crippen molar-refractivity contribution in [3.8, 4) is 0 Å². The van der Waals surface area contributed by atoms with Crippen molar-refractivity contribution in [1.82, 2.24) is 10.2 Å². The largest absolute Gasteiger partial charge is 0.379 e. The van der Waals surface area contributed by atoms with Gasteiger partial charge in [0.15, 0.2) is 0 Å². The molecule has 3 fully saturated rings. The molecular weight excluding hydrogens is 326 g/mol. The van der Waals surface area contributed by atoms with Gasteiger partial charge >= 0.3 is 0 Å². The Labute approximate surface area is 156 Å². The Morgan fingerprint density at radius 1 is 1.19 bits per heavy atom. The van der Waals surface area contributed by atoms with E-state index < -0.39 is 0 Å². The molecule has 3 aliphatic rings. The van der Waals surface area contributed by atoms with E-state index in [0.29, 0.717) is 23.9 Å². The molecule has 2 saturated carbocycles. The van der Waals surface area contributed by atoms with E-state index in [1.54, 1.807) is 0 Å². The van der Waals surface area contributed by atoms with E-state index in [0.717, 1.165) is 51.3 Å². The van der Waals surface area contributed by atoms with Crippen molar-refractivity contribution in [1.29, 1.82) is 0 Å². The van der Waals surface area contributed by atoms with Crippen LogP contribution in [-0.4, -0.2) is 49.2 Å². The predicted octanol–water partition coefficient (Wildman–Crippen LogP) is 2.15. The van der Waals surface area contributed by atoms with Crippen molar-refractivity contribution in [2.24, 2.45) is 17.6 Å². The molecule has 1 saturated heterocycles. The SMILES string of the molecule is NC1CC2CCCC(C1)C2NC(=O)c1cccc(CN2CCOCC2)c1. The van der Waals surface area contributed by atoms with Gasteiger partial charge in [-0.1, -0.05) is 18.6 Å². The van der Waals surface area contributed by atoms with Crippen molar-refractivity contribution < 1.29 is 9.53 Å². The molecule has 3 N–H and O–H groups in total. The molecule has 2 aliphatic carbocycles. The summed E-state index contributed by atoms with van der Waals surface area (Å²) in [5.74, 6) is 1.18. The van der Waals surface area contributed by atoms with Crippen LogP contribution in [0.1, 0.15) is 48.0 Å². The fourth-order valence-electron chi connectivity index (χ4n) is 5.09. The summed E-state index contributed by atoms with van der Waals surface area (Å²) in [6.07, 6.45) is 5.79. The Balaban J connectivity index is 1.40. The minimum atomic E-state index is 0.0752. The molecule has 2 atom stereocenters. The summed E-state index contributed by atoms with van der Waals surface area (Å²) in [4.78, 5) is 15.3. The summed E-state index contributed by atoms with van der Waals surface area (Å²) < 4.78 is 5.41. The van der Waals surface area contributed by atoms with E-state index >= 15 is 0 Å². The molecule has 1 aliphatic heterocycles. The number of fused-ring (bicyclic) bond motifs is 2. The summed E-state index contributed by atoms with van der Waals surface area (Å²) in [6.45, 7) is 4.40. The van der Waals surface area contributed by atoms with Crippen LogP contribution in [0.3, 0.4) is 0 Å². The maximum Gasteiger partial charge on any atom is 0.251 e. The molecule has 1 heterocycles. The Bertz CT molecular complexity index is 615. The highest BCUT2D eigenvalue weighted by Gasteiger charge is 2.39. The van der Waals surface area contributed by atoms with Crippen molar-refractivity contribution in [3.05, 3.63) is 35.4 Å². The molecule has 26 heavy (non-hydrogen) atoms. The van der Waals surface area contributed by atoms with Crippen LogP contribution >= 0.6 is 0 Å². The molecule has 0 aromatic heterocycles. The van der Waals surface area contributed by atoms with Gasteiger partial charge in [0.25, 0.3) is 5.91 Å². The molecule has 0 spiro atoms. The van der Waals surface area contributed by atoms with Gasteiger partial charge in [-0.2, -0.15) is 0 Å². The third-order valence-corrected chi connectivity index (χ3v) is 6.37.